The number of benzene rings is 1. The molecule has 1 aromatic carbocycles. The Balaban J connectivity index is 2.05. The minimum absolute atomic E-state index is 0.207. The van der Waals surface area contributed by atoms with Gasteiger partial charge < -0.3 is 0 Å². The summed E-state index contributed by atoms with van der Waals surface area (Å²) in [7, 11) is 0. The largest absolute Gasteiger partial charge is 0.198 e. The van der Waals surface area contributed by atoms with E-state index in [1.165, 1.54) is 24.2 Å². The van der Waals surface area contributed by atoms with Crippen LogP contribution < -0.4 is 0 Å². The maximum atomic E-state index is 9.22. The summed E-state index contributed by atoms with van der Waals surface area (Å²) < 4.78 is 0. The van der Waals surface area contributed by atoms with E-state index in [-0.39, 0.29) is 5.92 Å². The zero-order valence-electron chi connectivity index (χ0n) is 9.73. The molecule has 0 bridgehead atoms. The normalized spacial score (nSPS) is 24.9. The molecule has 0 spiro atoms. The van der Waals surface area contributed by atoms with Gasteiger partial charge in [0.15, 0.2) is 0 Å². The fourth-order valence-corrected chi connectivity index (χ4v) is 3.66. The molecule has 1 aliphatic carbocycles. The quantitative estimate of drug-likeness (QED) is 0.710. The van der Waals surface area contributed by atoms with Gasteiger partial charge in [0.2, 0.25) is 0 Å². The lowest BCUT2D eigenvalue weighted by Crippen LogP contribution is -2.13. The lowest BCUT2D eigenvalue weighted by atomic mass is 10.0. The van der Waals surface area contributed by atoms with Gasteiger partial charge in [0.25, 0.3) is 0 Å². The summed E-state index contributed by atoms with van der Waals surface area (Å²) in [6.07, 6.45) is 5.95. The van der Waals surface area contributed by atoms with Gasteiger partial charge in [-0.25, -0.2) is 0 Å². The first-order valence-corrected chi connectivity index (χ1v) is 7.37. The SMILES string of the molecule is N#CC1CCCCCC1Sc1ccc(Cl)cc1. The molecule has 1 fully saturated rings. The molecule has 90 valence electrons. The molecule has 0 amide bonds. The maximum Gasteiger partial charge on any atom is 0.0667 e. The average molecular weight is 266 g/mol. The number of thioether (sulfide) groups is 1. The van der Waals surface area contributed by atoms with Crippen LogP contribution in [0.2, 0.25) is 5.02 Å². The topological polar surface area (TPSA) is 23.8 Å². The number of rotatable bonds is 2. The zero-order valence-corrected chi connectivity index (χ0v) is 11.3. The molecule has 3 heteroatoms. The van der Waals surface area contributed by atoms with Gasteiger partial charge in [-0.05, 0) is 37.1 Å². The third-order valence-corrected chi connectivity index (χ3v) is 4.88. The number of hydrogen-bond donors (Lipinski definition) is 0. The first kappa shape index (κ1) is 12.8. The molecular weight excluding hydrogens is 250 g/mol. The predicted octanol–water partition coefficient (Wildman–Crippen LogP) is 4.90. The minimum atomic E-state index is 0.207. The second-order valence-corrected chi connectivity index (χ2v) is 6.23. The number of halogens is 1. The third-order valence-electron chi connectivity index (χ3n) is 3.22. The molecule has 0 aliphatic heterocycles. The zero-order chi connectivity index (χ0) is 12.1. The van der Waals surface area contributed by atoms with E-state index in [0.29, 0.717) is 5.25 Å². The Kier molecular flexibility index (Phi) is 4.76. The van der Waals surface area contributed by atoms with Gasteiger partial charge >= 0.3 is 0 Å². The van der Waals surface area contributed by atoms with Gasteiger partial charge in [-0.1, -0.05) is 30.9 Å². The number of nitrogens with zero attached hydrogens (tertiary/aromatic N) is 1. The van der Waals surface area contributed by atoms with E-state index < -0.39 is 0 Å². The standard InChI is InChI=1S/C14H16ClNS/c15-12-6-8-13(9-7-12)17-14-5-3-1-2-4-11(14)10-16/h6-9,11,14H,1-5H2. The summed E-state index contributed by atoms with van der Waals surface area (Å²) >= 11 is 7.71. The third kappa shape index (κ3) is 3.66. The van der Waals surface area contributed by atoms with Crippen LogP contribution in [-0.2, 0) is 0 Å². The van der Waals surface area contributed by atoms with Gasteiger partial charge in [-0.3, -0.25) is 0 Å². The molecule has 1 saturated carbocycles. The molecule has 0 saturated heterocycles. The Morgan fingerprint density at radius 2 is 1.82 bits per heavy atom. The van der Waals surface area contributed by atoms with Crippen molar-refractivity contribution in [3.8, 4) is 6.07 Å². The number of nitriles is 1. The van der Waals surface area contributed by atoms with Crippen LogP contribution in [-0.4, -0.2) is 5.25 Å². The molecule has 1 aliphatic rings. The highest BCUT2D eigenvalue weighted by atomic mass is 35.5. The van der Waals surface area contributed by atoms with Crippen LogP contribution in [0.3, 0.4) is 0 Å². The minimum Gasteiger partial charge on any atom is -0.198 e. The van der Waals surface area contributed by atoms with E-state index in [4.69, 9.17) is 11.6 Å². The van der Waals surface area contributed by atoms with Gasteiger partial charge in [0.05, 0.1) is 12.0 Å². The van der Waals surface area contributed by atoms with Gasteiger partial charge in [-0.15, -0.1) is 11.8 Å². The maximum absolute atomic E-state index is 9.22. The highest BCUT2D eigenvalue weighted by Gasteiger charge is 2.24. The first-order valence-electron chi connectivity index (χ1n) is 6.11. The van der Waals surface area contributed by atoms with Crippen LogP contribution in [0.25, 0.3) is 0 Å². The average Bonchev–Trinajstić information content (AvgIpc) is 2.57. The lowest BCUT2D eigenvalue weighted by Gasteiger charge is -2.18. The second-order valence-electron chi connectivity index (χ2n) is 4.48. The van der Waals surface area contributed by atoms with Crippen molar-refractivity contribution in [3.05, 3.63) is 29.3 Å². The van der Waals surface area contributed by atoms with Crippen molar-refractivity contribution in [2.24, 2.45) is 5.92 Å². The monoisotopic (exact) mass is 265 g/mol. The lowest BCUT2D eigenvalue weighted by molar-refractivity contribution is 0.585. The Labute approximate surface area is 112 Å². The molecule has 0 radical (unpaired) electrons. The summed E-state index contributed by atoms with van der Waals surface area (Å²) in [5.41, 5.74) is 0. The molecule has 0 aromatic heterocycles. The van der Waals surface area contributed by atoms with Crippen molar-refractivity contribution in [2.45, 2.75) is 42.2 Å². The van der Waals surface area contributed by atoms with Crippen LogP contribution in [0.5, 0.6) is 0 Å². The second kappa shape index (κ2) is 6.33. The van der Waals surface area contributed by atoms with Crippen molar-refractivity contribution < 1.29 is 0 Å². The highest BCUT2D eigenvalue weighted by molar-refractivity contribution is 8.00. The molecule has 1 aromatic rings. The van der Waals surface area contributed by atoms with Crippen LogP contribution in [0.4, 0.5) is 0 Å². The van der Waals surface area contributed by atoms with E-state index in [2.05, 4.69) is 6.07 Å². The van der Waals surface area contributed by atoms with E-state index in [9.17, 15) is 5.26 Å². The molecule has 2 rings (SSSR count). The Morgan fingerprint density at radius 1 is 1.12 bits per heavy atom. The molecule has 1 nitrogen and oxygen atoms in total. The van der Waals surface area contributed by atoms with Crippen molar-refractivity contribution in [1.82, 2.24) is 0 Å². The van der Waals surface area contributed by atoms with Crippen LogP contribution in [0, 0.1) is 17.2 Å². The molecule has 0 heterocycles. The predicted molar refractivity (Wildman–Crippen MR) is 73.3 cm³/mol. The summed E-state index contributed by atoms with van der Waals surface area (Å²) in [6.45, 7) is 0. The summed E-state index contributed by atoms with van der Waals surface area (Å²) in [4.78, 5) is 1.22. The Bertz CT molecular complexity index is 396. The fourth-order valence-electron chi connectivity index (χ4n) is 2.25. The van der Waals surface area contributed by atoms with Gasteiger partial charge in [0, 0.05) is 15.2 Å². The van der Waals surface area contributed by atoms with Crippen LogP contribution in [0.15, 0.2) is 29.2 Å². The first-order chi connectivity index (χ1) is 8.29. The van der Waals surface area contributed by atoms with Crippen molar-refractivity contribution in [1.29, 1.82) is 5.26 Å². The molecule has 2 unspecified atom stereocenters. The summed E-state index contributed by atoms with van der Waals surface area (Å²) in [5.74, 6) is 0.207. The van der Waals surface area contributed by atoms with Crippen LogP contribution in [0.1, 0.15) is 32.1 Å². The smallest absolute Gasteiger partial charge is 0.0667 e. The number of hydrogen-bond acceptors (Lipinski definition) is 2. The van der Waals surface area contributed by atoms with Crippen molar-refractivity contribution in [2.75, 3.05) is 0 Å². The molecular formula is C14H16ClNS. The van der Waals surface area contributed by atoms with E-state index in [0.717, 1.165) is 17.9 Å². The summed E-state index contributed by atoms with van der Waals surface area (Å²) in [5, 5.41) is 10.4. The van der Waals surface area contributed by atoms with Crippen molar-refractivity contribution in [3.63, 3.8) is 0 Å². The van der Waals surface area contributed by atoms with Crippen molar-refractivity contribution >= 4 is 23.4 Å². The van der Waals surface area contributed by atoms with E-state index >= 15 is 0 Å². The Hall–Kier alpha value is -0.650. The summed E-state index contributed by atoms with van der Waals surface area (Å²) in [6, 6.07) is 10.4. The van der Waals surface area contributed by atoms with E-state index in [1.807, 2.05) is 36.0 Å². The van der Waals surface area contributed by atoms with Gasteiger partial charge in [0.1, 0.15) is 0 Å². The fraction of sp³-hybridized carbons (Fsp3) is 0.500. The van der Waals surface area contributed by atoms with Crippen LogP contribution >= 0.6 is 23.4 Å². The molecule has 0 N–H and O–H groups in total. The molecule has 17 heavy (non-hydrogen) atoms. The van der Waals surface area contributed by atoms with E-state index in [1.54, 1.807) is 0 Å². The molecule has 2 atom stereocenters. The van der Waals surface area contributed by atoms with Gasteiger partial charge in [-0.2, -0.15) is 5.26 Å². The highest BCUT2D eigenvalue weighted by Crippen LogP contribution is 2.36. The Morgan fingerprint density at radius 3 is 2.53 bits per heavy atom.